The third kappa shape index (κ3) is 6.14. The zero-order valence-electron chi connectivity index (χ0n) is 17.6. The Labute approximate surface area is 176 Å². The van der Waals surface area contributed by atoms with Crippen LogP contribution in [0.15, 0.2) is 47.3 Å². The van der Waals surface area contributed by atoms with Crippen LogP contribution in [0, 0.1) is 5.92 Å². The first-order valence-corrected chi connectivity index (χ1v) is 10.4. The summed E-state index contributed by atoms with van der Waals surface area (Å²) in [6.45, 7) is 8.53. The van der Waals surface area contributed by atoms with Gasteiger partial charge in [0.2, 0.25) is 0 Å². The van der Waals surface area contributed by atoms with Gasteiger partial charge in [-0.1, -0.05) is 32.0 Å². The third-order valence-corrected chi connectivity index (χ3v) is 5.17. The lowest BCUT2D eigenvalue weighted by atomic mass is 10.0. The molecule has 1 unspecified atom stereocenters. The second-order valence-corrected chi connectivity index (χ2v) is 7.61. The van der Waals surface area contributed by atoms with Crippen LogP contribution in [0.4, 0.5) is 0 Å². The number of ether oxygens (including phenoxy) is 2. The smallest absolute Gasteiger partial charge is 0.271 e. The molecule has 1 atom stereocenters. The highest BCUT2D eigenvalue weighted by molar-refractivity contribution is 5.92. The summed E-state index contributed by atoms with van der Waals surface area (Å²) in [6, 6.07) is 12.4. The zero-order valence-corrected chi connectivity index (χ0v) is 17.6. The topological polar surface area (TPSA) is 85.7 Å². The van der Waals surface area contributed by atoms with Crippen molar-refractivity contribution >= 4 is 5.91 Å². The maximum atomic E-state index is 12.6. The molecule has 3 rings (SSSR count). The minimum atomic E-state index is -0.286. The molecule has 0 aliphatic carbocycles. The molecule has 1 aromatic heterocycles. The second kappa shape index (κ2) is 10.9. The Morgan fingerprint density at radius 1 is 1.17 bits per heavy atom. The van der Waals surface area contributed by atoms with E-state index < -0.39 is 0 Å². The Kier molecular flexibility index (Phi) is 7.98. The van der Waals surface area contributed by atoms with Crippen LogP contribution in [0.3, 0.4) is 0 Å². The predicted octanol–water partition coefficient (Wildman–Crippen LogP) is 1.41. The number of morpholine rings is 1. The van der Waals surface area contributed by atoms with E-state index in [1.165, 1.54) is 16.8 Å². The number of hydrogen-bond acceptors (Lipinski definition) is 6. The van der Waals surface area contributed by atoms with Gasteiger partial charge in [0.25, 0.3) is 11.5 Å². The largest absolute Gasteiger partial charge is 0.492 e. The number of nitrogens with zero attached hydrogens (tertiary/aromatic N) is 3. The number of hydrogen-bond donors (Lipinski definition) is 1. The highest BCUT2D eigenvalue weighted by atomic mass is 16.5. The zero-order chi connectivity index (χ0) is 21.3. The normalized spacial score (nSPS) is 15.7. The number of benzene rings is 1. The number of aromatic nitrogens is 2. The summed E-state index contributed by atoms with van der Waals surface area (Å²) >= 11 is 0. The molecule has 1 N–H and O–H groups in total. The average Bonchev–Trinajstić information content (AvgIpc) is 2.76. The van der Waals surface area contributed by atoms with Crippen LogP contribution in [0.1, 0.15) is 24.3 Å². The molecule has 0 bridgehead atoms. The molecule has 2 heterocycles. The lowest BCUT2D eigenvalue weighted by Crippen LogP contribution is -2.51. The fourth-order valence-electron chi connectivity index (χ4n) is 3.48. The molecular formula is C22H30N4O4. The Bertz CT molecular complexity index is 863. The van der Waals surface area contributed by atoms with Gasteiger partial charge in [-0.25, -0.2) is 4.68 Å². The minimum Gasteiger partial charge on any atom is -0.492 e. The fraction of sp³-hybridized carbons (Fsp3) is 0.500. The third-order valence-electron chi connectivity index (χ3n) is 5.17. The van der Waals surface area contributed by atoms with Crippen molar-refractivity contribution in [3.63, 3.8) is 0 Å². The Hall–Kier alpha value is -2.71. The Morgan fingerprint density at radius 2 is 1.90 bits per heavy atom. The van der Waals surface area contributed by atoms with Crippen LogP contribution >= 0.6 is 0 Å². The fourth-order valence-corrected chi connectivity index (χ4v) is 3.48. The number of nitrogens with one attached hydrogen (secondary N) is 1. The first-order valence-electron chi connectivity index (χ1n) is 10.4. The molecule has 162 valence electrons. The SMILES string of the molecule is CC(C)C(CNC(=O)c1ccc(=O)n(CCOc2ccccc2)n1)N1CCOCC1. The summed E-state index contributed by atoms with van der Waals surface area (Å²) in [4.78, 5) is 27.1. The van der Waals surface area contributed by atoms with Gasteiger partial charge in [-0.05, 0) is 24.1 Å². The molecule has 1 fully saturated rings. The number of carbonyl (C=O) groups excluding carboxylic acids is 1. The quantitative estimate of drug-likeness (QED) is 0.668. The number of para-hydroxylation sites is 1. The molecule has 8 nitrogen and oxygen atoms in total. The summed E-state index contributed by atoms with van der Waals surface area (Å²) in [6.07, 6.45) is 0. The molecule has 1 amide bonds. The van der Waals surface area contributed by atoms with Crippen molar-refractivity contribution in [1.82, 2.24) is 20.0 Å². The summed E-state index contributed by atoms with van der Waals surface area (Å²) in [7, 11) is 0. The maximum Gasteiger partial charge on any atom is 0.271 e. The van der Waals surface area contributed by atoms with Crippen molar-refractivity contribution in [2.75, 3.05) is 39.5 Å². The molecular weight excluding hydrogens is 384 g/mol. The van der Waals surface area contributed by atoms with E-state index in [0.717, 1.165) is 32.1 Å². The van der Waals surface area contributed by atoms with E-state index in [0.29, 0.717) is 12.5 Å². The average molecular weight is 415 g/mol. The van der Waals surface area contributed by atoms with E-state index in [9.17, 15) is 9.59 Å². The van der Waals surface area contributed by atoms with Gasteiger partial charge in [-0.15, -0.1) is 0 Å². The van der Waals surface area contributed by atoms with Gasteiger partial charge < -0.3 is 14.8 Å². The molecule has 1 aromatic carbocycles. The molecule has 30 heavy (non-hydrogen) atoms. The molecule has 0 spiro atoms. The molecule has 1 saturated heterocycles. The first kappa shape index (κ1) is 22.0. The Morgan fingerprint density at radius 3 is 2.60 bits per heavy atom. The molecule has 0 saturated carbocycles. The lowest BCUT2D eigenvalue weighted by Gasteiger charge is -2.36. The van der Waals surface area contributed by atoms with Gasteiger partial charge in [-0.2, -0.15) is 5.10 Å². The van der Waals surface area contributed by atoms with E-state index in [-0.39, 0.29) is 36.4 Å². The van der Waals surface area contributed by atoms with Crippen molar-refractivity contribution in [2.45, 2.75) is 26.4 Å². The highest BCUT2D eigenvalue weighted by Crippen LogP contribution is 2.12. The summed E-state index contributed by atoms with van der Waals surface area (Å²) < 4.78 is 12.3. The monoisotopic (exact) mass is 414 g/mol. The van der Waals surface area contributed by atoms with Gasteiger partial charge in [0, 0.05) is 31.7 Å². The summed E-state index contributed by atoms with van der Waals surface area (Å²) in [5.41, 5.74) is -0.0459. The van der Waals surface area contributed by atoms with Crippen molar-refractivity contribution in [2.24, 2.45) is 5.92 Å². The molecule has 1 aliphatic heterocycles. The minimum absolute atomic E-state index is 0.221. The summed E-state index contributed by atoms with van der Waals surface area (Å²) in [5, 5.41) is 7.19. The molecule has 1 aliphatic rings. The second-order valence-electron chi connectivity index (χ2n) is 7.61. The molecule has 8 heteroatoms. The van der Waals surface area contributed by atoms with Gasteiger partial charge in [0.1, 0.15) is 18.1 Å². The van der Waals surface area contributed by atoms with E-state index in [4.69, 9.17) is 9.47 Å². The maximum absolute atomic E-state index is 12.6. The highest BCUT2D eigenvalue weighted by Gasteiger charge is 2.24. The van der Waals surface area contributed by atoms with Crippen molar-refractivity contribution in [1.29, 1.82) is 0 Å². The first-order chi connectivity index (χ1) is 14.5. The van der Waals surface area contributed by atoms with Gasteiger partial charge >= 0.3 is 0 Å². The standard InChI is InChI=1S/C22H30N4O4/c1-17(2)20(25-10-13-29-14-11-25)16-23-22(28)19-8-9-21(27)26(24-19)12-15-30-18-6-4-3-5-7-18/h3-9,17,20H,10-16H2,1-2H3,(H,23,28). The van der Waals surface area contributed by atoms with Crippen LogP contribution in [0.2, 0.25) is 0 Å². The summed E-state index contributed by atoms with van der Waals surface area (Å²) in [5.74, 6) is 0.828. The van der Waals surface area contributed by atoms with Gasteiger partial charge in [0.05, 0.1) is 19.8 Å². The molecule has 2 aromatic rings. The van der Waals surface area contributed by atoms with Crippen LogP contribution < -0.4 is 15.6 Å². The van der Waals surface area contributed by atoms with Crippen LogP contribution in [-0.2, 0) is 11.3 Å². The van der Waals surface area contributed by atoms with Crippen LogP contribution in [0.5, 0.6) is 5.75 Å². The van der Waals surface area contributed by atoms with E-state index in [1.807, 2.05) is 30.3 Å². The van der Waals surface area contributed by atoms with Crippen molar-refractivity contribution in [3.8, 4) is 5.75 Å². The van der Waals surface area contributed by atoms with E-state index in [1.54, 1.807) is 0 Å². The number of amides is 1. The molecule has 0 radical (unpaired) electrons. The van der Waals surface area contributed by atoms with Gasteiger partial charge in [-0.3, -0.25) is 14.5 Å². The van der Waals surface area contributed by atoms with E-state index >= 15 is 0 Å². The predicted molar refractivity (Wildman–Crippen MR) is 114 cm³/mol. The van der Waals surface area contributed by atoms with Crippen LogP contribution in [0.25, 0.3) is 0 Å². The van der Waals surface area contributed by atoms with Crippen molar-refractivity contribution in [3.05, 3.63) is 58.5 Å². The Balaban J connectivity index is 1.57. The van der Waals surface area contributed by atoms with E-state index in [2.05, 4.69) is 29.2 Å². The van der Waals surface area contributed by atoms with Gasteiger partial charge in [0.15, 0.2) is 0 Å². The lowest BCUT2D eigenvalue weighted by molar-refractivity contribution is 0.00671. The number of rotatable bonds is 9. The van der Waals surface area contributed by atoms with Crippen molar-refractivity contribution < 1.29 is 14.3 Å². The van der Waals surface area contributed by atoms with Crippen LogP contribution in [-0.4, -0.2) is 66.1 Å². The number of carbonyl (C=O) groups is 1.